The lowest BCUT2D eigenvalue weighted by molar-refractivity contribution is -0.221. The number of likely N-dealkylation sites (tertiary alicyclic amines) is 1. The summed E-state index contributed by atoms with van der Waals surface area (Å²) in [4.78, 5) is 23.9. The van der Waals surface area contributed by atoms with E-state index in [-0.39, 0.29) is 37.1 Å². The fourth-order valence-corrected chi connectivity index (χ4v) is 2.93. The molecule has 3 heterocycles. The zero-order valence-electron chi connectivity index (χ0n) is 13.1. The van der Waals surface area contributed by atoms with Gasteiger partial charge >= 0.3 is 6.18 Å². The van der Waals surface area contributed by atoms with Crippen LogP contribution in [0.5, 0.6) is 0 Å². The molecule has 3 rings (SSSR count). The number of amides is 1. The summed E-state index contributed by atoms with van der Waals surface area (Å²) in [5, 5.41) is 0. The van der Waals surface area contributed by atoms with Crippen LogP contribution in [0.15, 0.2) is 12.4 Å². The highest BCUT2D eigenvalue weighted by Crippen LogP contribution is 2.27. The number of carbonyl (C=O) groups excluding carboxylic acids is 1. The molecule has 1 amide bonds. The maximum Gasteiger partial charge on any atom is 0.416 e. The van der Waals surface area contributed by atoms with Crippen LogP contribution in [-0.4, -0.2) is 65.8 Å². The summed E-state index contributed by atoms with van der Waals surface area (Å²) in [6.45, 7) is 1.25. The van der Waals surface area contributed by atoms with Crippen LogP contribution in [0.3, 0.4) is 0 Å². The van der Waals surface area contributed by atoms with E-state index in [1.165, 1.54) is 17.3 Å². The van der Waals surface area contributed by atoms with Gasteiger partial charge in [-0.3, -0.25) is 9.78 Å². The summed E-state index contributed by atoms with van der Waals surface area (Å²) in [7, 11) is 0. The number of aromatic nitrogens is 2. The summed E-state index contributed by atoms with van der Waals surface area (Å²) in [5.41, 5.74) is 0.171. The number of morpholine rings is 1. The molecule has 6 nitrogen and oxygen atoms in total. The van der Waals surface area contributed by atoms with Gasteiger partial charge in [-0.05, 0) is 19.3 Å². The van der Waals surface area contributed by atoms with Gasteiger partial charge in [0.1, 0.15) is 11.5 Å². The highest BCUT2D eigenvalue weighted by molar-refractivity contribution is 5.92. The summed E-state index contributed by atoms with van der Waals surface area (Å²) in [6.07, 6.45) is -0.524. The van der Waals surface area contributed by atoms with Gasteiger partial charge in [0.05, 0.1) is 25.5 Å². The Morgan fingerprint density at radius 2 is 1.92 bits per heavy atom. The third-order valence-electron chi connectivity index (χ3n) is 4.24. The van der Waals surface area contributed by atoms with Crippen molar-refractivity contribution < 1.29 is 22.7 Å². The van der Waals surface area contributed by atoms with Crippen LogP contribution in [0.1, 0.15) is 29.8 Å². The Hall–Kier alpha value is -1.90. The molecule has 2 aliphatic rings. The average Bonchev–Trinajstić information content (AvgIpc) is 2.61. The molecule has 0 spiro atoms. The SMILES string of the molecule is O=C(c1cncc(N2CCO[C@H](C(F)(F)F)C2)n1)N1CCCCC1. The maximum atomic E-state index is 12.8. The number of halogens is 3. The lowest BCUT2D eigenvalue weighted by Gasteiger charge is -2.34. The number of piperidine rings is 1. The smallest absolute Gasteiger partial charge is 0.365 e. The monoisotopic (exact) mass is 344 g/mol. The van der Waals surface area contributed by atoms with E-state index in [4.69, 9.17) is 4.74 Å². The predicted octanol–water partition coefficient (Wildman–Crippen LogP) is 1.87. The van der Waals surface area contributed by atoms with E-state index in [1.807, 2.05) is 0 Å². The third kappa shape index (κ3) is 3.77. The van der Waals surface area contributed by atoms with Gasteiger partial charge in [-0.1, -0.05) is 0 Å². The standard InChI is InChI=1S/C15H19F3N4O2/c16-15(17,18)12-10-22(6-7-24-12)13-9-19-8-11(20-13)14(23)21-4-2-1-3-5-21/h8-9,12H,1-7,10H2/t12-/m0/s1. The normalized spacial score (nSPS) is 22.5. The van der Waals surface area contributed by atoms with Crippen LogP contribution in [0, 0.1) is 0 Å². The quantitative estimate of drug-likeness (QED) is 0.820. The predicted molar refractivity (Wildman–Crippen MR) is 79.8 cm³/mol. The summed E-state index contributed by atoms with van der Waals surface area (Å²) >= 11 is 0. The molecule has 24 heavy (non-hydrogen) atoms. The maximum absolute atomic E-state index is 12.8. The summed E-state index contributed by atoms with van der Waals surface area (Å²) < 4.78 is 43.3. The van der Waals surface area contributed by atoms with Gasteiger partial charge in [0, 0.05) is 19.6 Å². The van der Waals surface area contributed by atoms with Gasteiger partial charge in [-0.2, -0.15) is 13.2 Å². The van der Waals surface area contributed by atoms with E-state index in [9.17, 15) is 18.0 Å². The van der Waals surface area contributed by atoms with E-state index in [1.54, 1.807) is 4.90 Å². The molecule has 0 radical (unpaired) electrons. The zero-order chi connectivity index (χ0) is 17.2. The van der Waals surface area contributed by atoms with Crippen molar-refractivity contribution in [3.05, 3.63) is 18.1 Å². The fourth-order valence-electron chi connectivity index (χ4n) is 2.93. The number of ether oxygens (including phenoxy) is 1. The van der Waals surface area contributed by atoms with Gasteiger partial charge in [0.15, 0.2) is 6.10 Å². The molecule has 0 saturated carbocycles. The van der Waals surface area contributed by atoms with Crippen LogP contribution < -0.4 is 4.90 Å². The molecule has 2 saturated heterocycles. The average molecular weight is 344 g/mol. The number of nitrogens with zero attached hydrogens (tertiary/aromatic N) is 4. The van der Waals surface area contributed by atoms with Crippen LogP contribution in [-0.2, 0) is 4.74 Å². The number of hydrogen-bond donors (Lipinski definition) is 0. The highest BCUT2D eigenvalue weighted by Gasteiger charge is 2.43. The Morgan fingerprint density at radius 3 is 2.62 bits per heavy atom. The number of alkyl halides is 3. The van der Waals surface area contributed by atoms with Gasteiger partial charge in [0.25, 0.3) is 5.91 Å². The summed E-state index contributed by atoms with van der Waals surface area (Å²) in [5.74, 6) is 0.0556. The van der Waals surface area contributed by atoms with E-state index in [0.717, 1.165) is 19.3 Å². The lowest BCUT2D eigenvalue weighted by atomic mass is 10.1. The lowest BCUT2D eigenvalue weighted by Crippen LogP contribution is -2.49. The minimum Gasteiger partial charge on any atom is -0.365 e. The molecule has 0 N–H and O–H groups in total. The molecule has 0 aliphatic carbocycles. The Kier molecular flexibility index (Phi) is 4.88. The molecular weight excluding hydrogens is 325 g/mol. The molecule has 0 bridgehead atoms. The highest BCUT2D eigenvalue weighted by atomic mass is 19.4. The molecular formula is C15H19F3N4O2. The topological polar surface area (TPSA) is 58.6 Å². The van der Waals surface area contributed by atoms with Crippen molar-refractivity contribution in [3.8, 4) is 0 Å². The molecule has 1 aromatic rings. The van der Waals surface area contributed by atoms with Crippen molar-refractivity contribution >= 4 is 11.7 Å². The van der Waals surface area contributed by atoms with Crippen molar-refractivity contribution in [2.45, 2.75) is 31.5 Å². The number of anilines is 1. The van der Waals surface area contributed by atoms with Gasteiger partial charge < -0.3 is 14.5 Å². The van der Waals surface area contributed by atoms with Crippen LogP contribution in [0.25, 0.3) is 0 Å². The number of carbonyl (C=O) groups is 1. The van der Waals surface area contributed by atoms with Crippen molar-refractivity contribution in [1.82, 2.24) is 14.9 Å². The Bertz CT molecular complexity index is 590. The van der Waals surface area contributed by atoms with Crippen LogP contribution >= 0.6 is 0 Å². The third-order valence-corrected chi connectivity index (χ3v) is 4.24. The fraction of sp³-hybridized carbons (Fsp3) is 0.667. The van der Waals surface area contributed by atoms with Crippen molar-refractivity contribution in [2.75, 3.05) is 37.7 Å². The molecule has 2 aliphatic heterocycles. The molecule has 132 valence electrons. The first-order chi connectivity index (χ1) is 11.4. The summed E-state index contributed by atoms with van der Waals surface area (Å²) in [6, 6.07) is 0. The molecule has 1 atom stereocenters. The molecule has 9 heteroatoms. The zero-order valence-corrected chi connectivity index (χ0v) is 13.1. The largest absolute Gasteiger partial charge is 0.416 e. The molecule has 0 unspecified atom stereocenters. The first-order valence-corrected chi connectivity index (χ1v) is 8.00. The second-order valence-corrected chi connectivity index (χ2v) is 5.96. The minimum absolute atomic E-state index is 0.0455. The first kappa shape index (κ1) is 16.9. The Morgan fingerprint density at radius 1 is 1.17 bits per heavy atom. The Labute approximate surface area is 137 Å². The number of hydrogen-bond acceptors (Lipinski definition) is 5. The molecule has 1 aromatic heterocycles. The van der Waals surface area contributed by atoms with E-state index < -0.39 is 12.3 Å². The molecule has 2 fully saturated rings. The van der Waals surface area contributed by atoms with E-state index in [2.05, 4.69) is 9.97 Å². The van der Waals surface area contributed by atoms with Crippen molar-refractivity contribution in [3.63, 3.8) is 0 Å². The van der Waals surface area contributed by atoms with Gasteiger partial charge in [0.2, 0.25) is 0 Å². The second-order valence-electron chi connectivity index (χ2n) is 5.96. The second kappa shape index (κ2) is 6.92. The van der Waals surface area contributed by atoms with E-state index in [0.29, 0.717) is 13.1 Å². The minimum atomic E-state index is -4.42. The van der Waals surface area contributed by atoms with Crippen molar-refractivity contribution in [2.24, 2.45) is 0 Å². The van der Waals surface area contributed by atoms with E-state index >= 15 is 0 Å². The van der Waals surface area contributed by atoms with Gasteiger partial charge in [-0.15, -0.1) is 0 Å². The van der Waals surface area contributed by atoms with Crippen molar-refractivity contribution in [1.29, 1.82) is 0 Å². The van der Waals surface area contributed by atoms with Crippen LogP contribution in [0.2, 0.25) is 0 Å². The van der Waals surface area contributed by atoms with Crippen LogP contribution in [0.4, 0.5) is 19.0 Å². The molecule has 0 aromatic carbocycles. The number of rotatable bonds is 2. The van der Waals surface area contributed by atoms with Gasteiger partial charge in [-0.25, -0.2) is 4.98 Å². The first-order valence-electron chi connectivity index (χ1n) is 8.00. The Balaban J connectivity index is 1.74.